The number of unbranched alkanes of at least 4 members (excludes halogenated alkanes) is 1. The van der Waals surface area contributed by atoms with Crippen molar-refractivity contribution in [1.82, 2.24) is 4.90 Å². The molecule has 144 valence electrons. The molecule has 0 saturated heterocycles. The average molecular weight is 378 g/mol. The molecule has 0 atom stereocenters. The van der Waals surface area contributed by atoms with Crippen molar-refractivity contribution >= 4 is 12.4 Å². The molecule has 0 spiro atoms. The summed E-state index contributed by atoms with van der Waals surface area (Å²) in [6, 6.07) is 16.7. The van der Waals surface area contributed by atoms with E-state index in [0.29, 0.717) is 0 Å². The van der Waals surface area contributed by atoms with Crippen LogP contribution in [0, 0.1) is 0 Å². The van der Waals surface area contributed by atoms with Gasteiger partial charge in [-0.25, -0.2) is 0 Å². The molecule has 0 aliphatic heterocycles. The van der Waals surface area contributed by atoms with Crippen molar-refractivity contribution in [1.29, 1.82) is 0 Å². The van der Waals surface area contributed by atoms with Gasteiger partial charge in [0.25, 0.3) is 0 Å². The summed E-state index contributed by atoms with van der Waals surface area (Å²) in [7, 11) is 5.92. The van der Waals surface area contributed by atoms with Crippen molar-refractivity contribution in [3.63, 3.8) is 0 Å². The van der Waals surface area contributed by atoms with Crippen LogP contribution in [-0.2, 0) is 12.8 Å². The third kappa shape index (κ3) is 7.67. The molecular weight excluding hydrogens is 346 g/mol. The van der Waals surface area contributed by atoms with Crippen molar-refractivity contribution in [2.75, 3.05) is 34.4 Å². The van der Waals surface area contributed by atoms with Gasteiger partial charge < -0.3 is 14.4 Å². The summed E-state index contributed by atoms with van der Waals surface area (Å²) in [4.78, 5) is 2.19. The maximum Gasteiger partial charge on any atom is 0.122 e. The summed E-state index contributed by atoms with van der Waals surface area (Å²) in [6.45, 7) is 1.83. The van der Waals surface area contributed by atoms with E-state index in [1.165, 1.54) is 11.1 Å². The van der Waals surface area contributed by atoms with Gasteiger partial charge in [0.2, 0.25) is 0 Å². The lowest BCUT2D eigenvalue weighted by molar-refractivity contribution is 0.279. The van der Waals surface area contributed by atoms with Crippen molar-refractivity contribution in [2.24, 2.45) is 0 Å². The maximum atomic E-state index is 5.99. The number of methoxy groups -OCH3 is 1. The Morgan fingerprint density at radius 1 is 0.769 bits per heavy atom. The second-order valence-electron chi connectivity index (χ2n) is 6.63. The number of aryl methyl sites for hydroxylation is 2. The lowest BCUT2D eigenvalue weighted by Crippen LogP contribution is -2.15. The van der Waals surface area contributed by atoms with Crippen LogP contribution in [0.25, 0.3) is 0 Å². The molecule has 0 radical (unpaired) electrons. The average Bonchev–Trinajstić information content (AvgIpc) is 2.63. The standard InChI is InChI=1S/C22H31NO2.ClH/c1-23(2)17-10-18-25-22-16-9-7-14-20(22)13-5-4-11-19-12-6-8-15-21(19)24-3;/h6-9,12,14-16H,4-5,10-11,13,17-18H2,1-3H3;1H. The van der Waals surface area contributed by atoms with Crippen LogP contribution < -0.4 is 9.47 Å². The minimum Gasteiger partial charge on any atom is -0.496 e. The van der Waals surface area contributed by atoms with Crippen LogP contribution in [0.2, 0.25) is 0 Å². The molecule has 0 saturated carbocycles. The highest BCUT2D eigenvalue weighted by Crippen LogP contribution is 2.23. The molecule has 0 aliphatic rings. The molecule has 0 fully saturated rings. The fraction of sp³-hybridized carbons (Fsp3) is 0.455. The van der Waals surface area contributed by atoms with E-state index < -0.39 is 0 Å². The molecule has 0 N–H and O–H groups in total. The number of halogens is 1. The zero-order chi connectivity index (χ0) is 17.9. The lowest BCUT2D eigenvalue weighted by Gasteiger charge is -2.13. The number of hydrogen-bond donors (Lipinski definition) is 0. The van der Waals surface area contributed by atoms with Crippen LogP contribution in [0.3, 0.4) is 0 Å². The SMILES string of the molecule is COc1ccccc1CCCCc1ccccc1OCCCN(C)C.Cl. The Morgan fingerprint density at radius 2 is 1.31 bits per heavy atom. The predicted octanol–water partition coefficient (Wildman–Crippen LogP) is 5.01. The van der Waals surface area contributed by atoms with Crippen LogP contribution in [0.1, 0.15) is 30.4 Å². The van der Waals surface area contributed by atoms with E-state index in [0.717, 1.165) is 56.8 Å². The molecule has 2 aromatic rings. The van der Waals surface area contributed by atoms with E-state index in [4.69, 9.17) is 9.47 Å². The first-order valence-electron chi connectivity index (χ1n) is 9.18. The molecule has 0 aliphatic carbocycles. The normalized spacial score (nSPS) is 10.5. The molecular formula is C22H32ClNO2. The fourth-order valence-electron chi connectivity index (χ4n) is 2.95. The van der Waals surface area contributed by atoms with Crippen molar-refractivity contribution in [2.45, 2.75) is 32.1 Å². The van der Waals surface area contributed by atoms with Crippen LogP contribution in [0.15, 0.2) is 48.5 Å². The summed E-state index contributed by atoms with van der Waals surface area (Å²) < 4.78 is 11.4. The quantitative estimate of drug-likeness (QED) is 0.513. The third-order valence-electron chi connectivity index (χ3n) is 4.31. The molecule has 2 aromatic carbocycles. The van der Waals surface area contributed by atoms with Gasteiger partial charge in [0.15, 0.2) is 0 Å². The molecule has 0 aromatic heterocycles. The van der Waals surface area contributed by atoms with Gasteiger partial charge in [-0.2, -0.15) is 0 Å². The van der Waals surface area contributed by atoms with E-state index in [9.17, 15) is 0 Å². The number of nitrogens with zero attached hydrogens (tertiary/aromatic N) is 1. The smallest absolute Gasteiger partial charge is 0.122 e. The second kappa shape index (κ2) is 12.6. The number of benzene rings is 2. The Labute approximate surface area is 164 Å². The monoisotopic (exact) mass is 377 g/mol. The van der Waals surface area contributed by atoms with Crippen molar-refractivity contribution < 1.29 is 9.47 Å². The summed E-state index contributed by atoms with van der Waals surface area (Å²) >= 11 is 0. The first kappa shape index (κ1) is 22.3. The number of rotatable bonds is 11. The highest BCUT2D eigenvalue weighted by atomic mass is 35.5. The third-order valence-corrected chi connectivity index (χ3v) is 4.31. The number of para-hydroxylation sites is 2. The van der Waals surface area contributed by atoms with Crippen LogP contribution in [0.4, 0.5) is 0 Å². The Balaban J connectivity index is 0.00000338. The topological polar surface area (TPSA) is 21.7 Å². The highest BCUT2D eigenvalue weighted by Gasteiger charge is 2.05. The molecule has 0 heterocycles. The molecule has 0 unspecified atom stereocenters. The predicted molar refractivity (Wildman–Crippen MR) is 112 cm³/mol. The van der Waals surface area contributed by atoms with Crippen LogP contribution >= 0.6 is 12.4 Å². The van der Waals surface area contributed by atoms with E-state index in [-0.39, 0.29) is 12.4 Å². The molecule has 3 nitrogen and oxygen atoms in total. The first-order chi connectivity index (χ1) is 12.2. The van der Waals surface area contributed by atoms with E-state index in [1.807, 2.05) is 12.1 Å². The maximum absolute atomic E-state index is 5.99. The van der Waals surface area contributed by atoms with Gasteiger partial charge in [0.05, 0.1) is 13.7 Å². The Morgan fingerprint density at radius 3 is 1.88 bits per heavy atom. The highest BCUT2D eigenvalue weighted by molar-refractivity contribution is 5.85. The number of ether oxygens (including phenoxy) is 2. The van der Waals surface area contributed by atoms with E-state index >= 15 is 0 Å². The first-order valence-corrected chi connectivity index (χ1v) is 9.18. The summed E-state index contributed by atoms with van der Waals surface area (Å²) in [5, 5.41) is 0. The fourth-order valence-corrected chi connectivity index (χ4v) is 2.95. The summed E-state index contributed by atoms with van der Waals surface area (Å²) in [6.07, 6.45) is 5.45. The minimum atomic E-state index is 0. The van der Waals surface area contributed by atoms with E-state index in [1.54, 1.807) is 7.11 Å². The van der Waals surface area contributed by atoms with Crippen molar-refractivity contribution in [3.8, 4) is 11.5 Å². The van der Waals surface area contributed by atoms with Crippen LogP contribution in [-0.4, -0.2) is 39.3 Å². The van der Waals surface area contributed by atoms with Gasteiger partial charge in [0.1, 0.15) is 11.5 Å². The van der Waals surface area contributed by atoms with E-state index in [2.05, 4.69) is 55.4 Å². The lowest BCUT2D eigenvalue weighted by atomic mass is 10.0. The van der Waals surface area contributed by atoms with Gasteiger partial charge in [-0.1, -0.05) is 36.4 Å². The van der Waals surface area contributed by atoms with Gasteiger partial charge in [0, 0.05) is 6.54 Å². The molecule has 26 heavy (non-hydrogen) atoms. The number of hydrogen-bond acceptors (Lipinski definition) is 3. The molecule has 2 rings (SSSR count). The van der Waals surface area contributed by atoms with Gasteiger partial charge in [-0.3, -0.25) is 0 Å². The zero-order valence-electron chi connectivity index (χ0n) is 16.2. The van der Waals surface area contributed by atoms with Crippen molar-refractivity contribution in [3.05, 3.63) is 59.7 Å². The Bertz CT molecular complexity index is 631. The van der Waals surface area contributed by atoms with Crippen LogP contribution in [0.5, 0.6) is 11.5 Å². The summed E-state index contributed by atoms with van der Waals surface area (Å²) in [5.41, 5.74) is 2.60. The Kier molecular flexibility index (Phi) is 10.8. The Hall–Kier alpha value is -1.71. The minimum absolute atomic E-state index is 0. The van der Waals surface area contributed by atoms with Gasteiger partial charge in [-0.15, -0.1) is 12.4 Å². The molecule has 0 bridgehead atoms. The zero-order valence-corrected chi connectivity index (χ0v) is 17.1. The molecule has 0 amide bonds. The molecule has 4 heteroatoms. The summed E-state index contributed by atoms with van der Waals surface area (Å²) in [5.74, 6) is 2.03. The van der Waals surface area contributed by atoms with Gasteiger partial charge >= 0.3 is 0 Å². The van der Waals surface area contributed by atoms with Gasteiger partial charge in [-0.05, 0) is 69.5 Å². The largest absolute Gasteiger partial charge is 0.496 e. The second-order valence-corrected chi connectivity index (χ2v) is 6.63.